The van der Waals surface area contributed by atoms with E-state index in [4.69, 9.17) is 0 Å². The number of fused-ring (bicyclic) bond motifs is 1. The van der Waals surface area contributed by atoms with Gasteiger partial charge in [0.05, 0.1) is 5.75 Å². The highest BCUT2D eigenvalue weighted by molar-refractivity contribution is 7.89. The number of nitrogens with zero attached hydrogens (tertiary/aromatic N) is 1. The minimum Gasteiger partial charge on any atom is -0.320 e. The van der Waals surface area contributed by atoms with Crippen molar-refractivity contribution in [2.75, 3.05) is 25.9 Å². The van der Waals surface area contributed by atoms with Crippen molar-refractivity contribution in [1.29, 1.82) is 0 Å². The van der Waals surface area contributed by atoms with Gasteiger partial charge >= 0.3 is 0 Å². The first-order valence-corrected chi connectivity index (χ1v) is 8.90. The van der Waals surface area contributed by atoms with Crippen LogP contribution in [0.1, 0.15) is 44.9 Å². The number of sulfonamides is 1. The highest BCUT2D eigenvalue weighted by atomic mass is 32.2. The van der Waals surface area contributed by atoms with E-state index in [1.165, 1.54) is 19.3 Å². The highest BCUT2D eigenvalue weighted by Gasteiger charge is 2.41. The van der Waals surface area contributed by atoms with Crippen LogP contribution in [0.4, 0.5) is 0 Å². The lowest BCUT2D eigenvalue weighted by Crippen LogP contribution is -2.40. The number of nitrogens with one attached hydrogen (secondary N) is 1. The topological polar surface area (TPSA) is 49.4 Å². The molecule has 2 aliphatic rings. The summed E-state index contributed by atoms with van der Waals surface area (Å²) in [5.41, 5.74) is 0. The molecule has 1 aliphatic carbocycles. The van der Waals surface area contributed by atoms with Crippen LogP contribution in [0, 0.1) is 5.92 Å². The van der Waals surface area contributed by atoms with Gasteiger partial charge in [0.15, 0.2) is 0 Å². The molecule has 0 radical (unpaired) electrons. The van der Waals surface area contributed by atoms with Crippen molar-refractivity contribution < 1.29 is 8.42 Å². The lowest BCUT2D eigenvalue weighted by atomic mass is 9.86. The molecule has 2 unspecified atom stereocenters. The minimum atomic E-state index is -3.01. The largest absolute Gasteiger partial charge is 0.320 e. The van der Waals surface area contributed by atoms with Gasteiger partial charge in [-0.3, -0.25) is 0 Å². The smallest absolute Gasteiger partial charge is 0.214 e. The summed E-state index contributed by atoms with van der Waals surface area (Å²) >= 11 is 0. The van der Waals surface area contributed by atoms with E-state index in [0.717, 1.165) is 38.8 Å². The van der Waals surface area contributed by atoms with E-state index < -0.39 is 10.0 Å². The monoisotopic (exact) mass is 274 g/mol. The molecule has 0 bridgehead atoms. The molecule has 0 spiro atoms. The molecule has 1 N–H and O–H groups in total. The van der Waals surface area contributed by atoms with E-state index in [2.05, 4.69) is 5.32 Å². The van der Waals surface area contributed by atoms with Gasteiger partial charge in [0, 0.05) is 12.6 Å². The predicted octanol–water partition coefficient (Wildman–Crippen LogP) is 1.58. The molecule has 2 rings (SSSR count). The van der Waals surface area contributed by atoms with E-state index >= 15 is 0 Å². The summed E-state index contributed by atoms with van der Waals surface area (Å²) in [4.78, 5) is 0. The summed E-state index contributed by atoms with van der Waals surface area (Å²) in [6.45, 7) is 1.67. The third kappa shape index (κ3) is 3.25. The third-order valence-electron chi connectivity index (χ3n) is 4.40. The zero-order valence-corrected chi connectivity index (χ0v) is 12.2. The van der Waals surface area contributed by atoms with Crippen LogP contribution in [-0.4, -0.2) is 44.7 Å². The zero-order valence-electron chi connectivity index (χ0n) is 11.4. The molecule has 1 aliphatic heterocycles. The molecular formula is C13H26N2O2S. The second kappa shape index (κ2) is 6.35. The van der Waals surface area contributed by atoms with Crippen LogP contribution in [-0.2, 0) is 10.0 Å². The van der Waals surface area contributed by atoms with Gasteiger partial charge in [0.25, 0.3) is 0 Å². The van der Waals surface area contributed by atoms with Gasteiger partial charge in [-0.2, -0.15) is 4.31 Å². The number of rotatable bonds is 6. The van der Waals surface area contributed by atoms with Crippen molar-refractivity contribution in [3.05, 3.63) is 0 Å². The van der Waals surface area contributed by atoms with Crippen molar-refractivity contribution in [2.24, 2.45) is 5.92 Å². The maximum atomic E-state index is 12.4. The van der Waals surface area contributed by atoms with E-state index in [1.54, 1.807) is 0 Å². The second-order valence-electron chi connectivity index (χ2n) is 5.64. The number of hydrogen-bond acceptors (Lipinski definition) is 3. The molecule has 0 aromatic carbocycles. The van der Waals surface area contributed by atoms with Crippen molar-refractivity contribution in [3.8, 4) is 0 Å². The Balaban J connectivity index is 1.89. The summed E-state index contributed by atoms with van der Waals surface area (Å²) in [7, 11) is -1.10. The Morgan fingerprint density at radius 1 is 1.17 bits per heavy atom. The molecule has 2 atom stereocenters. The fourth-order valence-electron chi connectivity index (χ4n) is 3.41. The van der Waals surface area contributed by atoms with Gasteiger partial charge in [-0.05, 0) is 51.6 Å². The van der Waals surface area contributed by atoms with Gasteiger partial charge in [-0.1, -0.05) is 12.8 Å². The fourth-order valence-corrected chi connectivity index (χ4v) is 5.29. The zero-order chi connectivity index (χ0) is 13.0. The maximum Gasteiger partial charge on any atom is 0.214 e. The standard InChI is InChI=1S/C13H26N2O2S/c1-14-9-4-5-11-18(16,17)15-10-8-12-6-2-3-7-13(12)15/h12-14H,2-11H2,1H3. The summed E-state index contributed by atoms with van der Waals surface area (Å²) in [5.74, 6) is 0.976. The predicted molar refractivity (Wildman–Crippen MR) is 74.0 cm³/mol. The average Bonchev–Trinajstić information content (AvgIpc) is 2.79. The molecule has 106 valence electrons. The van der Waals surface area contributed by atoms with E-state index in [1.807, 2.05) is 11.4 Å². The van der Waals surface area contributed by atoms with Crippen LogP contribution in [0.3, 0.4) is 0 Å². The Morgan fingerprint density at radius 3 is 2.72 bits per heavy atom. The van der Waals surface area contributed by atoms with Gasteiger partial charge in [-0.25, -0.2) is 8.42 Å². The lowest BCUT2D eigenvalue weighted by Gasteiger charge is -2.31. The Hall–Kier alpha value is -0.130. The van der Waals surface area contributed by atoms with Gasteiger partial charge in [0.2, 0.25) is 10.0 Å². The van der Waals surface area contributed by atoms with E-state index in [9.17, 15) is 8.42 Å². The molecule has 1 saturated carbocycles. The quantitative estimate of drug-likeness (QED) is 0.748. The summed E-state index contributed by atoms with van der Waals surface area (Å²) in [5, 5.41) is 3.06. The molecule has 5 heteroatoms. The molecule has 1 saturated heterocycles. The van der Waals surface area contributed by atoms with Crippen LogP contribution in [0.5, 0.6) is 0 Å². The van der Waals surface area contributed by atoms with Crippen LogP contribution < -0.4 is 5.32 Å². The minimum absolute atomic E-state index is 0.327. The van der Waals surface area contributed by atoms with Crippen LogP contribution >= 0.6 is 0 Å². The summed E-state index contributed by atoms with van der Waals surface area (Å²) in [6.07, 6.45) is 7.61. The molecular weight excluding hydrogens is 248 g/mol. The van der Waals surface area contributed by atoms with Crippen molar-refractivity contribution in [1.82, 2.24) is 9.62 Å². The third-order valence-corrected chi connectivity index (χ3v) is 6.37. The lowest BCUT2D eigenvalue weighted by molar-refractivity contribution is 0.260. The Labute approximate surface area is 111 Å². The van der Waals surface area contributed by atoms with Crippen LogP contribution in [0.2, 0.25) is 0 Å². The second-order valence-corrected chi connectivity index (χ2v) is 7.68. The Bertz CT molecular complexity index is 356. The Kier molecular flexibility index (Phi) is 5.04. The normalized spacial score (nSPS) is 29.4. The van der Waals surface area contributed by atoms with Gasteiger partial charge in [-0.15, -0.1) is 0 Å². The molecule has 1 heterocycles. The van der Waals surface area contributed by atoms with Crippen LogP contribution in [0.25, 0.3) is 0 Å². The number of hydrogen-bond donors (Lipinski definition) is 1. The van der Waals surface area contributed by atoms with Crippen molar-refractivity contribution in [3.63, 3.8) is 0 Å². The first-order valence-electron chi connectivity index (χ1n) is 7.29. The molecule has 0 aromatic rings. The highest BCUT2D eigenvalue weighted by Crippen LogP contribution is 2.37. The molecule has 2 fully saturated rings. The first kappa shape index (κ1) is 14.3. The first-order chi connectivity index (χ1) is 8.65. The summed E-state index contributed by atoms with van der Waals surface area (Å²) in [6, 6.07) is 0.327. The number of unbranched alkanes of at least 4 members (excludes halogenated alkanes) is 1. The average molecular weight is 274 g/mol. The van der Waals surface area contributed by atoms with Gasteiger partial charge in [0.1, 0.15) is 0 Å². The Morgan fingerprint density at radius 2 is 1.94 bits per heavy atom. The molecule has 4 nitrogen and oxygen atoms in total. The SMILES string of the molecule is CNCCCCS(=O)(=O)N1CCC2CCCCC21. The molecule has 0 aromatic heterocycles. The maximum absolute atomic E-state index is 12.4. The van der Waals surface area contributed by atoms with E-state index in [0.29, 0.717) is 17.7 Å². The molecule has 18 heavy (non-hydrogen) atoms. The van der Waals surface area contributed by atoms with Crippen molar-refractivity contribution >= 4 is 10.0 Å². The van der Waals surface area contributed by atoms with Crippen LogP contribution in [0.15, 0.2) is 0 Å². The van der Waals surface area contributed by atoms with E-state index in [-0.39, 0.29) is 0 Å². The molecule has 0 amide bonds. The van der Waals surface area contributed by atoms with Gasteiger partial charge < -0.3 is 5.32 Å². The van der Waals surface area contributed by atoms with Crippen molar-refractivity contribution in [2.45, 2.75) is 51.0 Å². The fraction of sp³-hybridized carbons (Fsp3) is 1.00. The summed E-state index contributed by atoms with van der Waals surface area (Å²) < 4.78 is 26.5.